The molecule has 4 rings (SSSR count). The molecule has 32 heavy (non-hydrogen) atoms. The lowest BCUT2D eigenvalue weighted by atomic mass is 10.1. The van der Waals surface area contributed by atoms with Crippen LogP contribution in [0.4, 0.5) is 4.39 Å². The summed E-state index contributed by atoms with van der Waals surface area (Å²) in [5, 5.41) is 9.73. The minimum atomic E-state index is -1.33. The van der Waals surface area contributed by atoms with Crippen molar-refractivity contribution in [1.29, 1.82) is 0 Å². The van der Waals surface area contributed by atoms with E-state index in [2.05, 4.69) is 0 Å². The largest absolute Gasteiger partial charge is 0.477 e. The van der Waals surface area contributed by atoms with E-state index in [9.17, 15) is 23.9 Å². The highest BCUT2D eigenvalue weighted by atomic mass is 19.1. The Morgan fingerprint density at radius 3 is 2.38 bits per heavy atom. The zero-order valence-corrected chi connectivity index (χ0v) is 16.9. The van der Waals surface area contributed by atoms with Crippen LogP contribution in [-0.4, -0.2) is 21.4 Å². The Bertz CT molecular complexity index is 1400. The number of ketones is 1. The summed E-state index contributed by atoms with van der Waals surface area (Å²) in [6.07, 6.45) is 4.30. The molecule has 6 heteroatoms. The van der Waals surface area contributed by atoms with Gasteiger partial charge in [-0.3, -0.25) is 9.59 Å². The molecule has 0 unspecified atom stereocenters. The molecule has 1 heterocycles. The van der Waals surface area contributed by atoms with E-state index in [4.69, 9.17) is 0 Å². The molecule has 1 aromatic heterocycles. The summed E-state index contributed by atoms with van der Waals surface area (Å²) in [4.78, 5) is 36.8. The van der Waals surface area contributed by atoms with Crippen LogP contribution in [0.2, 0.25) is 0 Å². The first kappa shape index (κ1) is 20.9. The molecule has 5 nitrogen and oxygen atoms in total. The molecule has 0 aliphatic rings. The topological polar surface area (TPSA) is 76.4 Å². The Morgan fingerprint density at radius 1 is 0.969 bits per heavy atom. The molecule has 0 atom stereocenters. The monoisotopic (exact) mass is 427 g/mol. The number of halogens is 1. The fourth-order valence-corrected chi connectivity index (χ4v) is 3.46. The minimum absolute atomic E-state index is 0.182. The van der Waals surface area contributed by atoms with Crippen molar-refractivity contribution >= 4 is 28.7 Å². The maximum Gasteiger partial charge on any atom is 0.341 e. The van der Waals surface area contributed by atoms with Crippen molar-refractivity contribution in [1.82, 2.24) is 4.57 Å². The summed E-state index contributed by atoms with van der Waals surface area (Å²) < 4.78 is 14.9. The molecule has 0 saturated carbocycles. The lowest BCUT2D eigenvalue weighted by Crippen LogP contribution is -2.19. The van der Waals surface area contributed by atoms with Crippen molar-refractivity contribution < 1.29 is 19.1 Å². The van der Waals surface area contributed by atoms with Crippen molar-refractivity contribution in [2.45, 2.75) is 6.54 Å². The molecule has 0 fully saturated rings. The number of carboxylic acid groups (broad SMARTS) is 1. The number of aromatic nitrogens is 1. The number of carboxylic acids is 1. The lowest BCUT2D eigenvalue weighted by molar-refractivity contribution is 0.0694. The number of nitrogens with zero attached hydrogens (tertiary/aromatic N) is 1. The first-order chi connectivity index (χ1) is 15.4. The van der Waals surface area contributed by atoms with Crippen LogP contribution in [0.3, 0.4) is 0 Å². The maximum absolute atomic E-state index is 13.2. The Morgan fingerprint density at radius 2 is 1.69 bits per heavy atom. The van der Waals surface area contributed by atoms with E-state index in [0.29, 0.717) is 16.6 Å². The third-order valence-electron chi connectivity index (χ3n) is 5.09. The van der Waals surface area contributed by atoms with Gasteiger partial charge in [-0.05, 0) is 41.5 Å². The van der Waals surface area contributed by atoms with Crippen LogP contribution in [0.25, 0.3) is 17.0 Å². The van der Waals surface area contributed by atoms with E-state index in [1.807, 2.05) is 6.07 Å². The van der Waals surface area contributed by atoms with Gasteiger partial charge in [-0.15, -0.1) is 0 Å². The van der Waals surface area contributed by atoms with Gasteiger partial charge >= 0.3 is 5.97 Å². The van der Waals surface area contributed by atoms with Crippen LogP contribution in [0.15, 0.2) is 89.9 Å². The second-order valence-electron chi connectivity index (χ2n) is 7.27. The number of fused-ring (bicyclic) bond motifs is 1. The Kier molecular flexibility index (Phi) is 5.77. The highest BCUT2D eigenvalue weighted by molar-refractivity contribution is 6.07. The zero-order chi connectivity index (χ0) is 22.7. The minimum Gasteiger partial charge on any atom is -0.477 e. The van der Waals surface area contributed by atoms with Gasteiger partial charge in [-0.25, -0.2) is 9.18 Å². The average Bonchev–Trinajstić information content (AvgIpc) is 2.81. The number of aromatic carboxylic acids is 1. The van der Waals surface area contributed by atoms with E-state index >= 15 is 0 Å². The molecule has 3 aromatic carbocycles. The molecule has 0 aliphatic heterocycles. The summed E-state index contributed by atoms with van der Waals surface area (Å²) in [5.74, 6) is -1.88. The van der Waals surface area contributed by atoms with Crippen LogP contribution in [-0.2, 0) is 6.54 Å². The van der Waals surface area contributed by atoms with E-state index in [0.717, 1.165) is 5.56 Å². The lowest BCUT2D eigenvalue weighted by Gasteiger charge is -2.13. The number of hydrogen-bond donors (Lipinski definition) is 1. The van der Waals surface area contributed by atoms with Gasteiger partial charge in [0.1, 0.15) is 11.4 Å². The van der Waals surface area contributed by atoms with Gasteiger partial charge in [0, 0.05) is 23.7 Å². The quantitative estimate of drug-likeness (QED) is 0.355. The predicted molar refractivity (Wildman–Crippen MR) is 120 cm³/mol. The van der Waals surface area contributed by atoms with E-state index in [1.165, 1.54) is 24.4 Å². The number of carbonyl (C=O) groups is 2. The van der Waals surface area contributed by atoms with Crippen molar-refractivity contribution in [2.24, 2.45) is 0 Å². The maximum atomic E-state index is 13.2. The molecule has 0 saturated heterocycles. The van der Waals surface area contributed by atoms with Gasteiger partial charge in [0.15, 0.2) is 5.78 Å². The molecule has 0 spiro atoms. The van der Waals surface area contributed by atoms with E-state index in [1.54, 1.807) is 65.2 Å². The van der Waals surface area contributed by atoms with Gasteiger partial charge < -0.3 is 9.67 Å². The molecule has 0 aliphatic carbocycles. The number of allylic oxidation sites excluding steroid dienone is 1. The number of pyridine rings is 1. The number of hydrogen-bond acceptors (Lipinski definition) is 3. The van der Waals surface area contributed by atoms with Gasteiger partial charge in [-0.2, -0.15) is 0 Å². The molecule has 0 bridgehead atoms. The van der Waals surface area contributed by atoms with Crippen LogP contribution in [0, 0.1) is 5.82 Å². The van der Waals surface area contributed by atoms with Gasteiger partial charge in [-0.1, -0.05) is 54.6 Å². The smallest absolute Gasteiger partial charge is 0.341 e. The third kappa shape index (κ3) is 4.39. The zero-order valence-electron chi connectivity index (χ0n) is 16.9. The highest BCUT2D eigenvalue weighted by Gasteiger charge is 2.15. The normalized spacial score (nSPS) is 11.2. The molecule has 1 N–H and O–H groups in total. The van der Waals surface area contributed by atoms with Crippen LogP contribution in [0.5, 0.6) is 0 Å². The number of benzene rings is 3. The molecule has 158 valence electrons. The SMILES string of the molecule is O=C(/C=C/c1ccc2c(c1)c(=O)c(C(=O)O)cn2Cc1ccc(F)cc1)c1ccccc1. The second-order valence-corrected chi connectivity index (χ2v) is 7.27. The van der Waals surface area contributed by atoms with Crippen LogP contribution < -0.4 is 5.43 Å². The van der Waals surface area contributed by atoms with Gasteiger partial charge in [0.2, 0.25) is 5.43 Å². The summed E-state index contributed by atoms with van der Waals surface area (Å²) in [6, 6.07) is 19.7. The Balaban J connectivity index is 1.76. The number of rotatable bonds is 6. The molecular formula is C26H18FNO4. The van der Waals surface area contributed by atoms with Crippen LogP contribution >= 0.6 is 0 Å². The number of carbonyl (C=O) groups excluding carboxylic acids is 1. The summed E-state index contributed by atoms with van der Waals surface area (Å²) in [6.45, 7) is 0.263. The summed E-state index contributed by atoms with van der Waals surface area (Å²) >= 11 is 0. The fraction of sp³-hybridized carbons (Fsp3) is 0.0385. The first-order valence-corrected chi connectivity index (χ1v) is 9.85. The van der Waals surface area contributed by atoms with Crippen LogP contribution in [0.1, 0.15) is 31.8 Å². The highest BCUT2D eigenvalue weighted by Crippen LogP contribution is 2.18. The van der Waals surface area contributed by atoms with E-state index in [-0.39, 0.29) is 29.1 Å². The fourth-order valence-electron chi connectivity index (χ4n) is 3.46. The van der Waals surface area contributed by atoms with E-state index < -0.39 is 11.4 Å². The Hall–Kier alpha value is -4.32. The molecular weight excluding hydrogens is 409 g/mol. The summed E-state index contributed by atoms with van der Waals surface area (Å²) in [5.41, 5.74) is 1.46. The molecule has 4 aromatic rings. The third-order valence-corrected chi connectivity index (χ3v) is 5.09. The summed E-state index contributed by atoms with van der Waals surface area (Å²) in [7, 11) is 0. The standard InChI is InChI=1S/C26H18FNO4/c27-20-10-6-18(7-11-20)15-28-16-22(26(31)32)25(30)21-14-17(8-12-23(21)28)9-13-24(29)19-4-2-1-3-5-19/h1-14,16H,15H2,(H,31,32)/b13-9+. The second kappa shape index (κ2) is 8.81. The first-order valence-electron chi connectivity index (χ1n) is 9.85. The van der Waals surface area contributed by atoms with Gasteiger partial charge in [0.25, 0.3) is 0 Å². The predicted octanol–water partition coefficient (Wildman–Crippen LogP) is 4.78. The van der Waals surface area contributed by atoms with Crippen molar-refractivity contribution in [3.8, 4) is 0 Å². The van der Waals surface area contributed by atoms with Gasteiger partial charge in [0.05, 0.1) is 5.52 Å². The average molecular weight is 427 g/mol. The van der Waals surface area contributed by atoms with Crippen molar-refractivity contribution in [3.63, 3.8) is 0 Å². The molecule has 0 radical (unpaired) electrons. The van der Waals surface area contributed by atoms with Crippen molar-refractivity contribution in [3.05, 3.63) is 123 Å². The van der Waals surface area contributed by atoms with Crippen molar-refractivity contribution in [2.75, 3.05) is 0 Å². The molecule has 0 amide bonds. The Labute approximate surface area is 182 Å².